The van der Waals surface area contributed by atoms with Crippen molar-refractivity contribution in [1.29, 1.82) is 0 Å². The number of cyclic esters (lactones) is 1. The highest BCUT2D eigenvalue weighted by atomic mass is 16.6. The number of hydrogen-bond donors (Lipinski definition) is 3. The van der Waals surface area contributed by atoms with Crippen LogP contribution in [0.3, 0.4) is 0 Å². The highest BCUT2D eigenvalue weighted by Gasteiger charge is 2.38. The molecule has 0 spiro atoms. The van der Waals surface area contributed by atoms with E-state index in [1.165, 1.54) is 13.2 Å². The first kappa shape index (κ1) is 25.0. The standard InChI is InChI=1S/C24H36O7/c1-16(25)11-10-13-17(26)12-8-6-4-3-5-7-9-14-19-21-22(24(29)31-19)20(30-2)15-18(27)23(21)28/h15-16,19,25,27-28H,3-14H2,1-2H3. The molecule has 1 aliphatic rings. The molecule has 3 N–H and O–H groups in total. The SMILES string of the molecule is COc1cc(O)c(O)c2c1C(=O)OC2CCCCCCCCCC(=O)CCCC(C)O. The lowest BCUT2D eigenvalue weighted by Crippen LogP contribution is -2.03. The number of unbranched alkanes of at least 4 members (excludes halogenated alkanes) is 6. The minimum absolute atomic E-state index is 0.197. The number of phenolic OH excluding ortho intramolecular Hbond substituents is 2. The smallest absolute Gasteiger partial charge is 0.343 e. The maximum atomic E-state index is 12.2. The molecule has 2 rings (SSSR count). The molecule has 31 heavy (non-hydrogen) atoms. The highest BCUT2D eigenvalue weighted by molar-refractivity contribution is 5.98. The number of carbonyl (C=O) groups is 2. The van der Waals surface area contributed by atoms with Gasteiger partial charge >= 0.3 is 5.97 Å². The van der Waals surface area contributed by atoms with Gasteiger partial charge in [-0.15, -0.1) is 0 Å². The minimum atomic E-state index is -0.566. The average Bonchev–Trinajstić information content (AvgIpc) is 3.05. The third-order valence-electron chi connectivity index (χ3n) is 5.78. The summed E-state index contributed by atoms with van der Waals surface area (Å²) in [7, 11) is 1.40. The molecule has 1 aromatic rings. The number of ketones is 1. The summed E-state index contributed by atoms with van der Waals surface area (Å²) in [6, 6.07) is 1.22. The molecule has 1 aromatic carbocycles. The van der Waals surface area contributed by atoms with E-state index in [1.54, 1.807) is 6.92 Å². The molecular weight excluding hydrogens is 400 g/mol. The Labute approximate surface area is 184 Å². The van der Waals surface area contributed by atoms with Gasteiger partial charge in [-0.25, -0.2) is 4.79 Å². The number of rotatable bonds is 15. The molecule has 2 atom stereocenters. The normalized spacial score (nSPS) is 16.1. The largest absolute Gasteiger partial charge is 0.504 e. The fourth-order valence-electron chi connectivity index (χ4n) is 4.04. The van der Waals surface area contributed by atoms with Gasteiger partial charge in [-0.3, -0.25) is 4.79 Å². The summed E-state index contributed by atoms with van der Waals surface area (Å²) in [5.41, 5.74) is 0.517. The van der Waals surface area contributed by atoms with E-state index in [-0.39, 0.29) is 34.7 Å². The van der Waals surface area contributed by atoms with Crippen molar-refractivity contribution in [3.05, 3.63) is 17.2 Å². The number of carbonyl (C=O) groups excluding carboxylic acids is 2. The van der Waals surface area contributed by atoms with Gasteiger partial charge in [0.2, 0.25) is 0 Å². The van der Waals surface area contributed by atoms with Gasteiger partial charge < -0.3 is 24.8 Å². The fourth-order valence-corrected chi connectivity index (χ4v) is 4.04. The number of phenols is 2. The predicted molar refractivity (Wildman–Crippen MR) is 117 cm³/mol. The lowest BCUT2D eigenvalue weighted by atomic mass is 9.97. The Morgan fingerprint density at radius 1 is 1.06 bits per heavy atom. The number of Topliss-reactive ketones (excluding diaryl/α,β-unsaturated/α-hetero) is 1. The van der Waals surface area contributed by atoms with Crippen molar-refractivity contribution in [3.63, 3.8) is 0 Å². The molecule has 0 saturated carbocycles. The van der Waals surface area contributed by atoms with Crippen LogP contribution in [0.25, 0.3) is 0 Å². The predicted octanol–water partition coefficient (Wildman–Crippen LogP) is 4.95. The van der Waals surface area contributed by atoms with Gasteiger partial charge in [0.05, 0.1) is 18.8 Å². The van der Waals surface area contributed by atoms with Crippen LogP contribution < -0.4 is 4.74 Å². The Morgan fingerprint density at radius 3 is 2.32 bits per heavy atom. The molecule has 0 amide bonds. The number of aromatic hydroxyl groups is 2. The van der Waals surface area contributed by atoms with E-state index in [2.05, 4.69) is 0 Å². The van der Waals surface area contributed by atoms with E-state index >= 15 is 0 Å². The molecule has 1 heterocycles. The Bertz CT molecular complexity index is 742. The van der Waals surface area contributed by atoms with Crippen molar-refractivity contribution < 1.29 is 34.4 Å². The molecule has 0 aromatic heterocycles. The molecule has 7 heteroatoms. The van der Waals surface area contributed by atoms with E-state index < -0.39 is 12.1 Å². The van der Waals surface area contributed by atoms with Gasteiger partial charge in [0.25, 0.3) is 0 Å². The third-order valence-corrected chi connectivity index (χ3v) is 5.78. The van der Waals surface area contributed by atoms with Gasteiger partial charge in [-0.2, -0.15) is 0 Å². The topological polar surface area (TPSA) is 113 Å². The second kappa shape index (κ2) is 12.5. The van der Waals surface area contributed by atoms with E-state index in [1.807, 2.05) is 0 Å². The van der Waals surface area contributed by atoms with E-state index in [9.17, 15) is 24.9 Å². The third kappa shape index (κ3) is 7.42. The van der Waals surface area contributed by atoms with E-state index in [0.717, 1.165) is 51.4 Å². The number of benzene rings is 1. The first-order valence-electron chi connectivity index (χ1n) is 11.4. The summed E-state index contributed by atoms with van der Waals surface area (Å²) in [5, 5.41) is 29.3. The highest BCUT2D eigenvalue weighted by Crippen LogP contribution is 2.48. The second-order valence-electron chi connectivity index (χ2n) is 8.42. The van der Waals surface area contributed by atoms with Crippen LogP contribution in [0.1, 0.15) is 106 Å². The first-order chi connectivity index (χ1) is 14.8. The molecular formula is C24H36O7. The van der Waals surface area contributed by atoms with E-state index in [0.29, 0.717) is 31.2 Å². The summed E-state index contributed by atoms with van der Waals surface area (Å²) >= 11 is 0. The number of aliphatic hydroxyl groups excluding tert-OH is 1. The van der Waals surface area contributed by atoms with Crippen LogP contribution in [0.5, 0.6) is 17.2 Å². The summed E-state index contributed by atoms with van der Waals surface area (Å²) in [4.78, 5) is 23.9. The van der Waals surface area contributed by atoms with Crippen molar-refractivity contribution >= 4 is 11.8 Å². The Balaban J connectivity index is 1.60. The number of esters is 1. The number of aliphatic hydroxyl groups is 1. The molecule has 174 valence electrons. The van der Waals surface area contributed by atoms with Gasteiger partial charge in [0.1, 0.15) is 23.2 Å². The molecule has 0 saturated heterocycles. The molecule has 1 aliphatic heterocycles. The zero-order valence-corrected chi connectivity index (χ0v) is 18.7. The maximum Gasteiger partial charge on any atom is 0.343 e. The van der Waals surface area contributed by atoms with Gasteiger partial charge in [-0.05, 0) is 39.0 Å². The van der Waals surface area contributed by atoms with Crippen LogP contribution >= 0.6 is 0 Å². The lowest BCUT2D eigenvalue weighted by molar-refractivity contribution is -0.119. The number of fused-ring (bicyclic) bond motifs is 1. The zero-order valence-electron chi connectivity index (χ0n) is 18.7. The van der Waals surface area contributed by atoms with Crippen LogP contribution in [-0.2, 0) is 9.53 Å². The van der Waals surface area contributed by atoms with Crippen LogP contribution in [0.15, 0.2) is 6.07 Å². The van der Waals surface area contributed by atoms with Gasteiger partial charge in [-0.1, -0.05) is 32.1 Å². The molecule has 0 aliphatic carbocycles. The summed E-state index contributed by atoms with van der Waals surface area (Å²) in [6.45, 7) is 1.75. The Kier molecular flexibility index (Phi) is 10.1. The molecule has 0 bridgehead atoms. The average molecular weight is 437 g/mol. The molecule has 0 radical (unpaired) electrons. The zero-order chi connectivity index (χ0) is 22.8. The summed E-state index contributed by atoms with van der Waals surface area (Å²) in [5.74, 6) is -0.669. The minimum Gasteiger partial charge on any atom is -0.504 e. The van der Waals surface area contributed by atoms with Crippen LogP contribution in [0, 0.1) is 0 Å². The summed E-state index contributed by atoms with van der Waals surface area (Å²) in [6.07, 6.45) is 9.38. The van der Waals surface area contributed by atoms with Crippen LogP contribution in [0.2, 0.25) is 0 Å². The van der Waals surface area contributed by atoms with Crippen molar-refractivity contribution in [2.24, 2.45) is 0 Å². The molecule has 0 fully saturated rings. The quantitative estimate of drug-likeness (QED) is 0.202. The lowest BCUT2D eigenvalue weighted by Gasteiger charge is -2.13. The van der Waals surface area contributed by atoms with Crippen molar-refractivity contribution in [1.82, 2.24) is 0 Å². The van der Waals surface area contributed by atoms with Crippen LogP contribution in [0.4, 0.5) is 0 Å². The Hall–Kier alpha value is -2.28. The van der Waals surface area contributed by atoms with Gasteiger partial charge in [0, 0.05) is 18.9 Å². The van der Waals surface area contributed by atoms with Crippen molar-refractivity contribution in [2.75, 3.05) is 7.11 Å². The van der Waals surface area contributed by atoms with Crippen molar-refractivity contribution in [3.8, 4) is 17.2 Å². The number of hydrogen-bond acceptors (Lipinski definition) is 7. The monoisotopic (exact) mass is 436 g/mol. The van der Waals surface area contributed by atoms with E-state index in [4.69, 9.17) is 9.47 Å². The van der Waals surface area contributed by atoms with Gasteiger partial charge in [0.15, 0.2) is 11.5 Å². The van der Waals surface area contributed by atoms with Crippen molar-refractivity contribution in [2.45, 2.75) is 96.2 Å². The maximum absolute atomic E-state index is 12.2. The number of methoxy groups -OCH3 is 1. The Morgan fingerprint density at radius 2 is 1.68 bits per heavy atom. The first-order valence-corrected chi connectivity index (χ1v) is 11.4. The fraction of sp³-hybridized carbons (Fsp3) is 0.667. The summed E-state index contributed by atoms with van der Waals surface area (Å²) < 4.78 is 10.5. The van der Waals surface area contributed by atoms with Crippen LogP contribution in [-0.4, -0.2) is 40.3 Å². The molecule has 7 nitrogen and oxygen atoms in total. The number of ether oxygens (including phenoxy) is 2. The second-order valence-corrected chi connectivity index (χ2v) is 8.42. The molecule has 2 unspecified atom stereocenters.